The van der Waals surface area contributed by atoms with Crippen molar-refractivity contribution in [2.45, 2.75) is 66.0 Å². The van der Waals surface area contributed by atoms with E-state index in [0.717, 1.165) is 32.6 Å². The molecule has 0 amide bonds. The Labute approximate surface area is 119 Å². The highest BCUT2D eigenvalue weighted by atomic mass is 16.3. The SMILES string of the molecule is CCCC(C)(CNC(C)C)CN1CCC(C)C(O)C1. The van der Waals surface area contributed by atoms with Crippen LogP contribution in [0.15, 0.2) is 0 Å². The molecule has 0 aromatic heterocycles. The summed E-state index contributed by atoms with van der Waals surface area (Å²) in [7, 11) is 0. The number of aliphatic hydroxyl groups excluding tert-OH is 1. The maximum Gasteiger partial charge on any atom is 0.0693 e. The molecule has 1 aliphatic rings. The van der Waals surface area contributed by atoms with E-state index in [9.17, 15) is 5.11 Å². The quantitative estimate of drug-likeness (QED) is 0.746. The average Bonchev–Trinajstić information content (AvgIpc) is 2.32. The molecule has 1 aliphatic heterocycles. The Hall–Kier alpha value is -0.120. The Bertz CT molecular complexity index is 257. The third kappa shape index (κ3) is 5.80. The largest absolute Gasteiger partial charge is 0.392 e. The van der Waals surface area contributed by atoms with E-state index in [2.05, 4.69) is 44.8 Å². The van der Waals surface area contributed by atoms with Crippen LogP contribution in [0.3, 0.4) is 0 Å². The second-order valence-electron chi connectivity index (χ2n) is 7.16. The van der Waals surface area contributed by atoms with Crippen LogP contribution < -0.4 is 5.32 Å². The highest BCUT2D eigenvalue weighted by Crippen LogP contribution is 2.27. The first-order chi connectivity index (χ1) is 8.86. The van der Waals surface area contributed by atoms with Crippen LogP contribution in [0, 0.1) is 11.3 Å². The van der Waals surface area contributed by atoms with Gasteiger partial charge in [-0.25, -0.2) is 0 Å². The van der Waals surface area contributed by atoms with Crippen LogP contribution in [-0.2, 0) is 0 Å². The fourth-order valence-electron chi connectivity index (χ4n) is 3.08. The smallest absolute Gasteiger partial charge is 0.0693 e. The molecule has 3 unspecified atom stereocenters. The molecule has 3 nitrogen and oxygen atoms in total. The van der Waals surface area contributed by atoms with Crippen molar-refractivity contribution in [2.75, 3.05) is 26.2 Å². The highest BCUT2D eigenvalue weighted by molar-refractivity contribution is 4.85. The zero-order chi connectivity index (χ0) is 14.5. The topological polar surface area (TPSA) is 35.5 Å². The van der Waals surface area contributed by atoms with Gasteiger partial charge >= 0.3 is 0 Å². The highest BCUT2D eigenvalue weighted by Gasteiger charge is 2.31. The number of likely N-dealkylation sites (tertiary alicyclic amines) is 1. The van der Waals surface area contributed by atoms with Crippen LogP contribution in [0.5, 0.6) is 0 Å². The molecule has 0 radical (unpaired) electrons. The summed E-state index contributed by atoms with van der Waals surface area (Å²) in [5.41, 5.74) is 0.319. The zero-order valence-corrected chi connectivity index (χ0v) is 13.6. The summed E-state index contributed by atoms with van der Waals surface area (Å²) in [6.07, 6.45) is 3.46. The Morgan fingerprint density at radius 2 is 2.11 bits per heavy atom. The van der Waals surface area contributed by atoms with Crippen molar-refractivity contribution >= 4 is 0 Å². The van der Waals surface area contributed by atoms with Gasteiger partial charge in [-0.05, 0) is 30.7 Å². The van der Waals surface area contributed by atoms with Crippen LogP contribution in [0.25, 0.3) is 0 Å². The van der Waals surface area contributed by atoms with Gasteiger partial charge in [-0.3, -0.25) is 0 Å². The minimum Gasteiger partial charge on any atom is -0.392 e. The van der Waals surface area contributed by atoms with Crippen LogP contribution in [0.2, 0.25) is 0 Å². The minimum absolute atomic E-state index is 0.141. The first-order valence-electron chi connectivity index (χ1n) is 8.00. The van der Waals surface area contributed by atoms with Gasteiger partial charge in [0.05, 0.1) is 6.10 Å². The number of nitrogens with one attached hydrogen (secondary N) is 1. The van der Waals surface area contributed by atoms with Crippen LogP contribution in [-0.4, -0.2) is 48.3 Å². The molecule has 114 valence electrons. The molecule has 0 aromatic rings. The molecular formula is C16H34N2O. The van der Waals surface area contributed by atoms with E-state index >= 15 is 0 Å². The van der Waals surface area contributed by atoms with Crippen LogP contribution in [0.4, 0.5) is 0 Å². The molecule has 19 heavy (non-hydrogen) atoms. The lowest BCUT2D eigenvalue weighted by atomic mass is 9.83. The van der Waals surface area contributed by atoms with Gasteiger partial charge in [-0.2, -0.15) is 0 Å². The Morgan fingerprint density at radius 1 is 1.42 bits per heavy atom. The zero-order valence-electron chi connectivity index (χ0n) is 13.6. The predicted molar refractivity (Wildman–Crippen MR) is 82.4 cm³/mol. The molecule has 0 aromatic carbocycles. The van der Waals surface area contributed by atoms with Crippen molar-refractivity contribution in [3.63, 3.8) is 0 Å². The predicted octanol–water partition coefficient (Wildman–Crippen LogP) is 2.49. The molecule has 0 saturated carbocycles. The molecule has 1 heterocycles. The van der Waals surface area contributed by atoms with E-state index in [1.165, 1.54) is 12.8 Å². The minimum atomic E-state index is -0.141. The molecule has 1 saturated heterocycles. The van der Waals surface area contributed by atoms with Crippen molar-refractivity contribution in [2.24, 2.45) is 11.3 Å². The number of rotatable bonds is 7. The van der Waals surface area contributed by atoms with E-state index in [0.29, 0.717) is 17.4 Å². The van der Waals surface area contributed by atoms with Gasteiger partial charge in [-0.15, -0.1) is 0 Å². The molecule has 2 N–H and O–H groups in total. The average molecular weight is 270 g/mol. The second kappa shape index (κ2) is 7.61. The number of nitrogens with zero attached hydrogens (tertiary/aromatic N) is 1. The molecule has 3 heteroatoms. The lowest BCUT2D eigenvalue weighted by molar-refractivity contribution is 0.0104. The first kappa shape index (κ1) is 16.9. The maximum atomic E-state index is 10.0. The molecule has 1 fully saturated rings. The fraction of sp³-hybridized carbons (Fsp3) is 1.00. The normalized spacial score (nSPS) is 28.6. The van der Waals surface area contributed by atoms with Gasteiger partial charge in [0, 0.05) is 25.7 Å². The van der Waals surface area contributed by atoms with Gasteiger partial charge in [0.25, 0.3) is 0 Å². The Balaban J connectivity index is 2.52. The molecule has 3 atom stereocenters. The van der Waals surface area contributed by atoms with Gasteiger partial charge in [0.2, 0.25) is 0 Å². The third-order valence-corrected chi connectivity index (χ3v) is 4.40. The molecule has 1 rings (SSSR count). The van der Waals surface area contributed by atoms with E-state index in [1.54, 1.807) is 0 Å². The van der Waals surface area contributed by atoms with Crippen molar-refractivity contribution in [1.29, 1.82) is 0 Å². The number of hydrogen-bond donors (Lipinski definition) is 2. The number of β-amino-alcohol motifs (C(OH)–C–C–N with tert-alkyl or cyclic N) is 1. The lowest BCUT2D eigenvalue weighted by Gasteiger charge is -2.41. The van der Waals surface area contributed by atoms with Gasteiger partial charge in [0.1, 0.15) is 0 Å². The maximum absolute atomic E-state index is 10.0. The standard InChI is InChI=1S/C16H34N2O/c1-6-8-16(5,11-17-13(2)3)12-18-9-7-14(4)15(19)10-18/h13-15,17,19H,6-12H2,1-5H3. The molecular weight excluding hydrogens is 236 g/mol. The number of aliphatic hydroxyl groups is 1. The summed E-state index contributed by atoms with van der Waals surface area (Å²) in [5.74, 6) is 0.461. The lowest BCUT2D eigenvalue weighted by Crippen LogP contribution is -2.49. The van der Waals surface area contributed by atoms with Crippen LogP contribution in [0.1, 0.15) is 53.9 Å². The van der Waals surface area contributed by atoms with E-state index in [-0.39, 0.29) is 6.10 Å². The van der Waals surface area contributed by atoms with E-state index in [1.807, 2.05) is 0 Å². The van der Waals surface area contributed by atoms with Crippen molar-refractivity contribution in [3.05, 3.63) is 0 Å². The van der Waals surface area contributed by atoms with Gasteiger partial charge < -0.3 is 15.3 Å². The van der Waals surface area contributed by atoms with Crippen LogP contribution >= 0.6 is 0 Å². The van der Waals surface area contributed by atoms with Crippen molar-refractivity contribution in [1.82, 2.24) is 10.2 Å². The third-order valence-electron chi connectivity index (χ3n) is 4.40. The molecule has 0 spiro atoms. The summed E-state index contributed by atoms with van der Waals surface area (Å²) >= 11 is 0. The Kier molecular flexibility index (Phi) is 6.78. The van der Waals surface area contributed by atoms with Gasteiger partial charge in [0.15, 0.2) is 0 Å². The summed E-state index contributed by atoms with van der Waals surface area (Å²) in [6, 6.07) is 0.545. The Morgan fingerprint density at radius 3 is 2.63 bits per heavy atom. The van der Waals surface area contributed by atoms with E-state index < -0.39 is 0 Å². The number of piperidine rings is 1. The summed E-state index contributed by atoms with van der Waals surface area (Å²) in [4.78, 5) is 2.46. The van der Waals surface area contributed by atoms with Crippen molar-refractivity contribution in [3.8, 4) is 0 Å². The monoisotopic (exact) mass is 270 g/mol. The van der Waals surface area contributed by atoms with Gasteiger partial charge in [-0.1, -0.05) is 41.0 Å². The van der Waals surface area contributed by atoms with Crippen molar-refractivity contribution < 1.29 is 5.11 Å². The summed E-state index contributed by atoms with van der Waals surface area (Å²) in [6.45, 7) is 15.4. The number of hydrogen-bond acceptors (Lipinski definition) is 3. The second-order valence-corrected chi connectivity index (χ2v) is 7.16. The summed E-state index contributed by atoms with van der Waals surface area (Å²) in [5, 5.41) is 13.6. The first-order valence-corrected chi connectivity index (χ1v) is 8.00. The fourth-order valence-corrected chi connectivity index (χ4v) is 3.08. The molecule has 0 aliphatic carbocycles. The molecule has 0 bridgehead atoms. The van der Waals surface area contributed by atoms with E-state index in [4.69, 9.17) is 0 Å². The summed E-state index contributed by atoms with van der Waals surface area (Å²) < 4.78 is 0.